The van der Waals surface area contributed by atoms with Gasteiger partial charge in [-0.15, -0.1) is 11.3 Å². The van der Waals surface area contributed by atoms with Gasteiger partial charge in [-0.3, -0.25) is 0 Å². The number of hydrogen-bond donors (Lipinski definition) is 1. The van der Waals surface area contributed by atoms with Crippen LogP contribution >= 0.6 is 11.3 Å². The highest BCUT2D eigenvalue weighted by Gasteiger charge is 2.13. The number of fused-ring (bicyclic) bond motifs is 1. The monoisotopic (exact) mass is 447 g/mol. The first kappa shape index (κ1) is 22.0. The molecule has 0 amide bonds. The third-order valence-electron chi connectivity index (χ3n) is 5.20. The standard InChI is InChI=1S/C25H29N5OS/c1-4-31-20-10-7-18(8-11-20)16-24-28-21-12-9-19(27-25(26)23-6-5-15-32-23)17-22(21)30(24)14-13-29(2)3/h5-12,15,17H,4,13-14,16H2,1-3H3,(H2,26,27). The molecule has 0 atom stereocenters. The van der Waals surface area contributed by atoms with Gasteiger partial charge in [0, 0.05) is 19.5 Å². The SMILES string of the molecule is CCOc1ccc(Cc2nc3ccc(N=C(N)c4cccs4)cc3n2CCN(C)C)cc1. The Hall–Kier alpha value is -3.16. The molecular formula is C25H29N5OS. The van der Waals surface area contributed by atoms with Gasteiger partial charge < -0.3 is 19.9 Å². The van der Waals surface area contributed by atoms with Gasteiger partial charge in [-0.25, -0.2) is 9.98 Å². The zero-order valence-electron chi connectivity index (χ0n) is 18.8. The lowest BCUT2D eigenvalue weighted by Gasteiger charge is -2.14. The minimum atomic E-state index is 0.535. The molecule has 0 bridgehead atoms. The van der Waals surface area contributed by atoms with Crippen molar-refractivity contribution in [1.29, 1.82) is 0 Å². The molecule has 7 heteroatoms. The van der Waals surface area contributed by atoms with Gasteiger partial charge >= 0.3 is 0 Å². The Bertz CT molecular complexity index is 1190. The van der Waals surface area contributed by atoms with Crippen molar-refractivity contribution in [2.45, 2.75) is 19.9 Å². The van der Waals surface area contributed by atoms with E-state index in [0.717, 1.165) is 52.7 Å². The van der Waals surface area contributed by atoms with Gasteiger partial charge in [0.15, 0.2) is 0 Å². The van der Waals surface area contributed by atoms with Gasteiger partial charge in [-0.2, -0.15) is 0 Å². The quantitative estimate of drug-likeness (QED) is 0.299. The Morgan fingerprint density at radius 1 is 1.16 bits per heavy atom. The molecule has 2 aromatic carbocycles. The average Bonchev–Trinajstić information content (AvgIpc) is 3.42. The fraction of sp³-hybridized carbons (Fsp3) is 0.280. The Balaban J connectivity index is 1.68. The van der Waals surface area contributed by atoms with Crippen LogP contribution in [0.4, 0.5) is 5.69 Å². The number of thiophene rings is 1. The fourth-order valence-corrected chi connectivity index (χ4v) is 4.21. The maximum absolute atomic E-state index is 6.21. The van der Waals surface area contributed by atoms with E-state index >= 15 is 0 Å². The first-order valence-corrected chi connectivity index (χ1v) is 11.6. The highest BCUT2D eigenvalue weighted by molar-refractivity contribution is 7.12. The summed E-state index contributed by atoms with van der Waals surface area (Å²) in [6.07, 6.45) is 0.754. The number of hydrogen-bond acceptors (Lipinski definition) is 5. The topological polar surface area (TPSA) is 68.7 Å². The molecule has 166 valence electrons. The molecule has 0 saturated heterocycles. The normalized spacial score (nSPS) is 12.1. The molecule has 0 aliphatic heterocycles. The van der Waals surface area contributed by atoms with Crippen LogP contribution in [0.15, 0.2) is 65.0 Å². The number of likely N-dealkylation sites (N-methyl/N-ethyl adjacent to an activating group) is 1. The maximum atomic E-state index is 6.21. The summed E-state index contributed by atoms with van der Waals surface area (Å²) in [6, 6.07) is 18.3. The van der Waals surface area contributed by atoms with Gasteiger partial charge in [0.1, 0.15) is 17.4 Å². The number of benzene rings is 2. The predicted molar refractivity (Wildman–Crippen MR) is 133 cm³/mol. The van der Waals surface area contributed by atoms with E-state index in [1.54, 1.807) is 11.3 Å². The lowest BCUT2D eigenvalue weighted by Crippen LogP contribution is -2.19. The Kier molecular flexibility index (Phi) is 6.87. The van der Waals surface area contributed by atoms with Crippen LogP contribution in [0, 0.1) is 0 Å². The van der Waals surface area contributed by atoms with E-state index < -0.39 is 0 Å². The summed E-state index contributed by atoms with van der Waals surface area (Å²) < 4.78 is 7.87. The number of amidine groups is 1. The third-order valence-corrected chi connectivity index (χ3v) is 6.09. The van der Waals surface area contributed by atoms with Gasteiger partial charge in [-0.1, -0.05) is 18.2 Å². The molecule has 0 fully saturated rings. The minimum Gasteiger partial charge on any atom is -0.494 e. The van der Waals surface area contributed by atoms with Crippen LogP contribution < -0.4 is 10.5 Å². The van der Waals surface area contributed by atoms with Crippen LogP contribution in [0.25, 0.3) is 11.0 Å². The van der Waals surface area contributed by atoms with Crippen molar-refractivity contribution in [2.24, 2.45) is 10.7 Å². The minimum absolute atomic E-state index is 0.535. The van der Waals surface area contributed by atoms with Crippen LogP contribution in [-0.2, 0) is 13.0 Å². The number of rotatable bonds is 9. The molecule has 0 spiro atoms. The van der Waals surface area contributed by atoms with E-state index in [1.807, 2.05) is 48.7 Å². The average molecular weight is 448 g/mol. The van der Waals surface area contributed by atoms with E-state index in [1.165, 1.54) is 5.56 Å². The molecule has 32 heavy (non-hydrogen) atoms. The van der Waals surface area contributed by atoms with Crippen molar-refractivity contribution in [3.63, 3.8) is 0 Å². The number of aliphatic imine (C=N–C) groups is 1. The lowest BCUT2D eigenvalue weighted by atomic mass is 10.1. The molecule has 2 aromatic heterocycles. The second-order valence-corrected chi connectivity index (χ2v) is 8.83. The number of nitrogens with two attached hydrogens (primary N) is 1. The molecule has 2 heterocycles. The van der Waals surface area contributed by atoms with Gasteiger partial charge in [0.2, 0.25) is 0 Å². The molecule has 0 radical (unpaired) electrons. The third kappa shape index (κ3) is 5.18. The Labute approximate surface area is 193 Å². The van der Waals surface area contributed by atoms with E-state index in [9.17, 15) is 0 Å². The van der Waals surface area contributed by atoms with Crippen LogP contribution in [0.5, 0.6) is 5.75 Å². The summed E-state index contributed by atoms with van der Waals surface area (Å²) in [5.74, 6) is 2.47. The summed E-state index contributed by atoms with van der Waals surface area (Å²) in [7, 11) is 4.17. The molecule has 2 N–H and O–H groups in total. The highest BCUT2D eigenvalue weighted by atomic mass is 32.1. The summed E-state index contributed by atoms with van der Waals surface area (Å²) >= 11 is 1.59. The molecule has 6 nitrogen and oxygen atoms in total. The second-order valence-electron chi connectivity index (χ2n) is 7.88. The fourth-order valence-electron chi connectivity index (χ4n) is 3.59. The number of ether oxygens (including phenoxy) is 1. The second kappa shape index (κ2) is 9.97. The largest absolute Gasteiger partial charge is 0.494 e. The van der Waals surface area contributed by atoms with E-state index in [-0.39, 0.29) is 0 Å². The van der Waals surface area contributed by atoms with Gasteiger partial charge in [0.05, 0.1) is 28.2 Å². The van der Waals surface area contributed by atoms with E-state index in [0.29, 0.717) is 12.4 Å². The zero-order chi connectivity index (χ0) is 22.5. The molecular weight excluding hydrogens is 418 g/mol. The molecule has 0 aliphatic rings. The van der Waals surface area contributed by atoms with E-state index in [4.69, 9.17) is 15.5 Å². The highest BCUT2D eigenvalue weighted by Crippen LogP contribution is 2.25. The van der Waals surface area contributed by atoms with Gasteiger partial charge in [0.25, 0.3) is 0 Å². The van der Waals surface area contributed by atoms with Crippen molar-refractivity contribution in [3.8, 4) is 5.75 Å². The lowest BCUT2D eigenvalue weighted by molar-refractivity contribution is 0.340. The summed E-state index contributed by atoms with van der Waals surface area (Å²) in [4.78, 5) is 12.8. The number of nitrogens with zero attached hydrogens (tertiary/aromatic N) is 4. The molecule has 0 saturated carbocycles. The van der Waals surface area contributed by atoms with Crippen molar-refractivity contribution in [1.82, 2.24) is 14.5 Å². The zero-order valence-corrected chi connectivity index (χ0v) is 19.6. The molecule has 0 unspecified atom stereocenters. The molecule has 4 aromatic rings. The molecule has 4 rings (SSSR count). The van der Waals surface area contributed by atoms with Crippen molar-refractivity contribution in [3.05, 3.63) is 76.2 Å². The van der Waals surface area contributed by atoms with Crippen LogP contribution in [-0.4, -0.2) is 47.5 Å². The smallest absolute Gasteiger partial charge is 0.141 e. The van der Waals surface area contributed by atoms with Crippen LogP contribution in [0.1, 0.15) is 23.2 Å². The number of imidazole rings is 1. The summed E-state index contributed by atoms with van der Waals surface area (Å²) in [6.45, 7) is 4.44. The Morgan fingerprint density at radius 3 is 2.66 bits per heavy atom. The summed E-state index contributed by atoms with van der Waals surface area (Å²) in [5.41, 5.74) is 10.3. The van der Waals surface area contributed by atoms with Crippen LogP contribution in [0.2, 0.25) is 0 Å². The van der Waals surface area contributed by atoms with Crippen molar-refractivity contribution >= 4 is 33.9 Å². The van der Waals surface area contributed by atoms with Crippen molar-refractivity contribution in [2.75, 3.05) is 27.2 Å². The molecule has 0 aliphatic carbocycles. The first-order chi connectivity index (χ1) is 15.5. The first-order valence-electron chi connectivity index (χ1n) is 10.8. The van der Waals surface area contributed by atoms with E-state index in [2.05, 4.69) is 46.8 Å². The summed E-state index contributed by atoms with van der Waals surface area (Å²) in [5, 5.41) is 2.00. The number of aromatic nitrogens is 2. The van der Waals surface area contributed by atoms with Gasteiger partial charge in [-0.05, 0) is 68.4 Å². The predicted octanol–water partition coefficient (Wildman–Crippen LogP) is 4.69. The van der Waals surface area contributed by atoms with Crippen molar-refractivity contribution < 1.29 is 4.74 Å². The Morgan fingerprint density at radius 2 is 1.97 bits per heavy atom. The van der Waals surface area contributed by atoms with Crippen LogP contribution in [0.3, 0.4) is 0 Å². The maximum Gasteiger partial charge on any atom is 0.141 e.